The Kier molecular flexibility index (Phi) is 5.91. The predicted octanol–water partition coefficient (Wildman–Crippen LogP) is 2.19. The van der Waals surface area contributed by atoms with E-state index < -0.39 is 0 Å². The van der Waals surface area contributed by atoms with Crippen molar-refractivity contribution in [1.82, 2.24) is 15.6 Å². The molecule has 2 aromatic rings. The maximum absolute atomic E-state index is 11.7. The van der Waals surface area contributed by atoms with Gasteiger partial charge in [0.15, 0.2) is 0 Å². The summed E-state index contributed by atoms with van der Waals surface area (Å²) in [6.07, 6.45) is 3.96. The number of hydrogen-bond donors (Lipinski definition) is 2. The SMILES string of the molecule is Cc1ccccc1CNCCC(=O)NCc1cccnc1. The average Bonchev–Trinajstić information content (AvgIpc) is 2.52. The maximum Gasteiger partial charge on any atom is 0.221 e. The molecule has 0 radical (unpaired) electrons. The Morgan fingerprint density at radius 2 is 2.00 bits per heavy atom. The van der Waals surface area contributed by atoms with E-state index in [2.05, 4.69) is 34.7 Å². The second kappa shape index (κ2) is 8.17. The fraction of sp³-hybridized carbons (Fsp3) is 0.294. The second-order valence-electron chi connectivity index (χ2n) is 4.99. The molecule has 0 spiro atoms. The molecule has 0 atom stereocenters. The van der Waals surface area contributed by atoms with Crippen LogP contribution in [0.25, 0.3) is 0 Å². The van der Waals surface area contributed by atoms with Gasteiger partial charge in [0.2, 0.25) is 5.91 Å². The molecule has 0 aliphatic heterocycles. The third-order valence-corrected chi connectivity index (χ3v) is 3.32. The van der Waals surface area contributed by atoms with Gasteiger partial charge in [-0.2, -0.15) is 0 Å². The number of pyridine rings is 1. The normalized spacial score (nSPS) is 10.3. The van der Waals surface area contributed by atoms with E-state index in [9.17, 15) is 4.79 Å². The lowest BCUT2D eigenvalue weighted by atomic mass is 10.1. The number of carbonyl (C=O) groups is 1. The summed E-state index contributed by atoms with van der Waals surface area (Å²) < 4.78 is 0. The van der Waals surface area contributed by atoms with E-state index in [0.717, 1.165) is 12.1 Å². The molecule has 1 aromatic heterocycles. The highest BCUT2D eigenvalue weighted by Gasteiger charge is 2.02. The van der Waals surface area contributed by atoms with Crippen LogP contribution in [0.4, 0.5) is 0 Å². The molecule has 0 bridgehead atoms. The third-order valence-electron chi connectivity index (χ3n) is 3.32. The minimum Gasteiger partial charge on any atom is -0.352 e. The molecular formula is C17H21N3O. The van der Waals surface area contributed by atoms with Gasteiger partial charge in [-0.05, 0) is 29.7 Å². The molecule has 0 aliphatic carbocycles. The van der Waals surface area contributed by atoms with Crippen molar-refractivity contribution in [1.29, 1.82) is 0 Å². The summed E-state index contributed by atoms with van der Waals surface area (Å²) in [5.41, 5.74) is 3.55. The Morgan fingerprint density at radius 1 is 1.14 bits per heavy atom. The Balaban J connectivity index is 1.62. The number of benzene rings is 1. The number of hydrogen-bond acceptors (Lipinski definition) is 3. The van der Waals surface area contributed by atoms with Crippen LogP contribution in [0.15, 0.2) is 48.8 Å². The lowest BCUT2D eigenvalue weighted by Crippen LogP contribution is -2.27. The van der Waals surface area contributed by atoms with E-state index in [1.165, 1.54) is 11.1 Å². The van der Waals surface area contributed by atoms with Crippen molar-refractivity contribution in [2.24, 2.45) is 0 Å². The topological polar surface area (TPSA) is 54.0 Å². The Hall–Kier alpha value is -2.20. The highest BCUT2D eigenvalue weighted by Crippen LogP contribution is 2.05. The first-order valence-corrected chi connectivity index (χ1v) is 7.16. The molecule has 1 heterocycles. The van der Waals surface area contributed by atoms with Gasteiger partial charge in [0.25, 0.3) is 0 Å². The van der Waals surface area contributed by atoms with E-state index in [4.69, 9.17) is 0 Å². The van der Waals surface area contributed by atoms with Crippen LogP contribution in [0.2, 0.25) is 0 Å². The van der Waals surface area contributed by atoms with E-state index in [1.807, 2.05) is 24.3 Å². The molecule has 21 heavy (non-hydrogen) atoms. The highest BCUT2D eigenvalue weighted by atomic mass is 16.1. The summed E-state index contributed by atoms with van der Waals surface area (Å²) in [6.45, 7) is 4.10. The van der Waals surface area contributed by atoms with Crippen molar-refractivity contribution in [2.45, 2.75) is 26.4 Å². The van der Waals surface area contributed by atoms with Gasteiger partial charge in [-0.1, -0.05) is 30.3 Å². The molecule has 0 saturated carbocycles. The van der Waals surface area contributed by atoms with Crippen LogP contribution in [-0.4, -0.2) is 17.4 Å². The molecule has 4 heteroatoms. The van der Waals surface area contributed by atoms with E-state index in [-0.39, 0.29) is 5.91 Å². The van der Waals surface area contributed by atoms with Crippen molar-refractivity contribution in [3.63, 3.8) is 0 Å². The first-order chi connectivity index (χ1) is 10.3. The molecule has 0 saturated heterocycles. The van der Waals surface area contributed by atoms with Gasteiger partial charge < -0.3 is 10.6 Å². The monoisotopic (exact) mass is 283 g/mol. The Bertz CT molecular complexity index is 569. The molecule has 1 amide bonds. The lowest BCUT2D eigenvalue weighted by Gasteiger charge is -2.08. The average molecular weight is 283 g/mol. The van der Waals surface area contributed by atoms with Crippen molar-refractivity contribution < 1.29 is 4.79 Å². The standard InChI is InChI=1S/C17H21N3O/c1-14-5-2-3-7-16(14)13-19-10-8-17(21)20-12-15-6-4-9-18-11-15/h2-7,9,11,19H,8,10,12-13H2,1H3,(H,20,21). The van der Waals surface area contributed by atoms with Crippen LogP contribution in [0.3, 0.4) is 0 Å². The van der Waals surface area contributed by atoms with Crippen LogP contribution in [0.5, 0.6) is 0 Å². The minimum atomic E-state index is 0.0520. The quantitative estimate of drug-likeness (QED) is 0.766. The van der Waals surface area contributed by atoms with Gasteiger partial charge in [-0.3, -0.25) is 9.78 Å². The lowest BCUT2D eigenvalue weighted by molar-refractivity contribution is -0.121. The number of aromatic nitrogens is 1. The van der Waals surface area contributed by atoms with Crippen molar-refractivity contribution in [3.05, 3.63) is 65.5 Å². The van der Waals surface area contributed by atoms with Gasteiger partial charge in [-0.25, -0.2) is 0 Å². The first-order valence-electron chi connectivity index (χ1n) is 7.16. The third kappa shape index (κ3) is 5.36. The van der Waals surface area contributed by atoms with E-state index in [0.29, 0.717) is 19.5 Å². The summed E-state index contributed by atoms with van der Waals surface area (Å²) in [6, 6.07) is 12.1. The van der Waals surface area contributed by atoms with Crippen molar-refractivity contribution >= 4 is 5.91 Å². The first kappa shape index (κ1) is 15.2. The number of nitrogens with one attached hydrogen (secondary N) is 2. The minimum absolute atomic E-state index is 0.0520. The number of amides is 1. The summed E-state index contributed by atoms with van der Waals surface area (Å²) in [5, 5.41) is 6.19. The highest BCUT2D eigenvalue weighted by molar-refractivity contribution is 5.76. The van der Waals surface area contributed by atoms with Crippen LogP contribution < -0.4 is 10.6 Å². The molecule has 2 N–H and O–H groups in total. The zero-order valence-corrected chi connectivity index (χ0v) is 12.3. The number of nitrogens with zero attached hydrogens (tertiary/aromatic N) is 1. The van der Waals surface area contributed by atoms with Crippen LogP contribution in [0.1, 0.15) is 23.1 Å². The largest absolute Gasteiger partial charge is 0.352 e. The number of aryl methyl sites for hydroxylation is 1. The maximum atomic E-state index is 11.7. The van der Waals surface area contributed by atoms with Gasteiger partial charge in [-0.15, -0.1) is 0 Å². The van der Waals surface area contributed by atoms with Gasteiger partial charge in [0.05, 0.1) is 0 Å². The molecule has 0 unspecified atom stereocenters. The van der Waals surface area contributed by atoms with Crippen LogP contribution in [0, 0.1) is 6.92 Å². The Labute approximate surface area is 125 Å². The van der Waals surface area contributed by atoms with E-state index >= 15 is 0 Å². The fourth-order valence-electron chi connectivity index (χ4n) is 2.03. The fourth-order valence-corrected chi connectivity index (χ4v) is 2.03. The number of carbonyl (C=O) groups excluding carboxylic acids is 1. The zero-order valence-electron chi connectivity index (χ0n) is 12.3. The van der Waals surface area contributed by atoms with Gasteiger partial charge >= 0.3 is 0 Å². The molecule has 110 valence electrons. The molecule has 2 rings (SSSR count). The smallest absolute Gasteiger partial charge is 0.221 e. The van der Waals surface area contributed by atoms with Gasteiger partial charge in [0, 0.05) is 38.4 Å². The zero-order chi connectivity index (χ0) is 14.9. The summed E-state index contributed by atoms with van der Waals surface area (Å²) in [5.74, 6) is 0.0520. The summed E-state index contributed by atoms with van der Waals surface area (Å²) in [7, 11) is 0. The number of rotatable bonds is 7. The Morgan fingerprint density at radius 3 is 2.76 bits per heavy atom. The van der Waals surface area contributed by atoms with E-state index in [1.54, 1.807) is 12.4 Å². The predicted molar refractivity (Wildman–Crippen MR) is 83.6 cm³/mol. The summed E-state index contributed by atoms with van der Waals surface area (Å²) in [4.78, 5) is 15.7. The van der Waals surface area contributed by atoms with Crippen molar-refractivity contribution in [2.75, 3.05) is 6.54 Å². The molecule has 0 aliphatic rings. The van der Waals surface area contributed by atoms with Crippen molar-refractivity contribution in [3.8, 4) is 0 Å². The van der Waals surface area contributed by atoms with Gasteiger partial charge in [0.1, 0.15) is 0 Å². The molecular weight excluding hydrogens is 262 g/mol. The van der Waals surface area contributed by atoms with Crippen LogP contribution >= 0.6 is 0 Å². The molecule has 1 aromatic carbocycles. The summed E-state index contributed by atoms with van der Waals surface area (Å²) >= 11 is 0. The second-order valence-corrected chi connectivity index (χ2v) is 4.99. The molecule has 0 fully saturated rings. The van der Waals surface area contributed by atoms with Crippen LogP contribution in [-0.2, 0) is 17.9 Å². The molecule has 4 nitrogen and oxygen atoms in total.